The topological polar surface area (TPSA) is 26.3 Å². The number of esters is 1. The van der Waals surface area contributed by atoms with Gasteiger partial charge in [0.15, 0.2) is 0 Å². The molecule has 0 aromatic rings. The van der Waals surface area contributed by atoms with Crippen molar-refractivity contribution in [3.63, 3.8) is 0 Å². The van der Waals surface area contributed by atoms with Gasteiger partial charge >= 0.3 is 5.97 Å². The number of carbonyl (C=O) groups is 1. The van der Waals surface area contributed by atoms with Crippen molar-refractivity contribution in [3.8, 4) is 0 Å². The number of ether oxygens (including phenoxy) is 1. The van der Waals surface area contributed by atoms with Gasteiger partial charge in [0.2, 0.25) is 0 Å². The highest BCUT2D eigenvalue weighted by Gasteiger charge is 2.08. The highest BCUT2D eigenvalue weighted by Crippen LogP contribution is 2.13. The van der Waals surface area contributed by atoms with Gasteiger partial charge < -0.3 is 4.74 Å². The summed E-state index contributed by atoms with van der Waals surface area (Å²) in [6, 6.07) is 0. The zero-order valence-electron chi connectivity index (χ0n) is 17.6. The van der Waals surface area contributed by atoms with E-state index >= 15 is 0 Å². The summed E-state index contributed by atoms with van der Waals surface area (Å²) in [6.45, 7) is 6.50. The van der Waals surface area contributed by atoms with Crippen molar-refractivity contribution in [1.82, 2.24) is 0 Å². The van der Waals surface area contributed by atoms with E-state index < -0.39 is 0 Å². The molecule has 0 unspecified atom stereocenters. The van der Waals surface area contributed by atoms with E-state index in [2.05, 4.69) is 13.8 Å². The van der Waals surface area contributed by atoms with Crippen LogP contribution in [0.15, 0.2) is 0 Å². The molecule has 150 valence electrons. The molecule has 0 rings (SSSR count). The molecule has 2 nitrogen and oxygen atoms in total. The molecular formula is C23H46O2. The van der Waals surface area contributed by atoms with E-state index in [0.29, 0.717) is 6.42 Å². The molecule has 0 spiro atoms. The maximum atomic E-state index is 11.8. The molecule has 0 aromatic carbocycles. The Morgan fingerprint density at radius 3 is 1.52 bits per heavy atom. The predicted molar refractivity (Wildman–Crippen MR) is 110 cm³/mol. The average molecular weight is 355 g/mol. The van der Waals surface area contributed by atoms with Crippen molar-refractivity contribution < 1.29 is 9.53 Å². The summed E-state index contributed by atoms with van der Waals surface area (Å²) in [7, 11) is 0. The molecule has 1 atom stereocenters. The molecule has 0 N–H and O–H groups in total. The monoisotopic (exact) mass is 354 g/mol. The van der Waals surface area contributed by atoms with Gasteiger partial charge in [-0.25, -0.2) is 0 Å². The van der Waals surface area contributed by atoms with Crippen LogP contribution >= 0.6 is 0 Å². The van der Waals surface area contributed by atoms with Crippen molar-refractivity contribution >= 4 is 5.97 Å². The molecule has 0 saturated heterocycles. The highest BCUT2D eigenvalue weighted by atomic mass is 16.5. The second-order valence-corrected chi connectivity index (χ2v) is 7.79. The quantitative estimate of drug-likeness (QED) is 0.173. The summed E-state index contributed by atoms with van der Waals surface area (Å²) in [6.07, 6.45) is 22.8. The van der Waals surface area contributed by atoms with Crippen molar-refractivity contribution in [2.75, 3.05) is 0 Å². The van der Waals surface area contributed by atoms with Gasteiger partial charge in [-0.1, -0.05) is 104 Å². The zero-order chi connectivity index (χ0) is 18.6. The first-order chi connectivity index (χ1) is 12.2. The summed E-state index contributed by atoms with van der Waals surface area (Å²) in [5.74, 6) is 0.00655. The Morgan fingerprint density at radius 2 is 1.04 bits per heavy atom. The summed E-state index contributed by atoms with van der Waals surface area (Å²) in [5.41, 5.74) is 0. The van der Waals surface area contributed by atoms with Crippen LogP contribution in [0.2, 0.25) is 0 Å². The lowest BCUT2D eigenvalue weighted by molar-refractivity contribution is -0.148. The van der Waals surface area contributed by atoms with Crippen molar-refractivity contribution in [3.05, 3.63) is 0 Å². The van der Waals surface area contributed by atoms with E-state index in [4.69, 9.17) is 4.74 Å². The molecule has 0 fully saturated rings. The summed E-state index contributed by atoms with van der Waals surface area (Å²) in [4.78, 5) is 11.8. The van der Waals surface area contributed by atoms with Crippen molar-refractivity contribution in [2.45, 2.75) is 142 Å². The number of rotatable bonds is 19. The van der Waals surface area contributed by atoms with E-state index in [9.17, 15) is 4.79 Å². The Morgan fingerprint density at radius 1 is 0.640 bits per heavy atom. The second-order valence-electron chi connectivity index (χ2n) is 7.79. The van der Waals surface area contributed by atoms with Crippen LogP contribution in [0.25, 0.3) is 0 Å². The van der Waals surface area contributed by atoms with E-state index in [1.807, 2.05) is 6.92 Å². The fourth-order valence-corrected chi connectivity index (χ4v) is 3.31. The third kappa shape index (κ3) is 19.6. The van der Waals surface area contributed by atoms with Gasteiger partial charge in [0.1, 0.15) is 0 Å². The number of unbranched alkanes of at least 4 members (excludes halogenated alkanes) is 14. The molecule has 0 amide bonds. The van der Waals surface area contributed by atoms with E-state index in [-0.39, 0.29) is 12.1 Å². The summed E-state index contributed by atoms with van der Waals surface area (Å²) in [5, 5.41) is 0. The first-order valence-electron chi connectivity index (χ1n) is 11.4. The summed E-state index contributed by atoms with van der Waals surface area (Å²) >= 11 is 0. The van der Waals surface area contributed by atoms with E-state index in [1.54, 1.807) is 0 Å². The lowest BCUT2D eigenvalue weighted by Crippen LogP contribution is -2.14. The molecule has 0 saturated carbocycles. The third-order valence-corrected chi connectivity index (χ3v) is 5.03. The minimum absolute atomic E-state index is 0.00655. The Hall–Kier alpha value is -0.530. The van der Waals surface area contributed by atoms with Crippen LogP contribution in [0.5, 0.6) is 0 Å². The number of hydrogen-bond acceptors (Lipinski definition) is 2. The van der Waals surface area contributed by atoms with Gasteiger partial charge in [-0.3, -0.25) is 4.79 Å². The van der Waals surface area contributed by atoms with Crippen LogP contribution in [0.4, 0.5) is 0 Å². The lowest BCUT2D eigenvalue weighted by Gasteiger charge is -2.12. The molecular weight excluding hydrogens is 308 g/mol. The molecule has 0 aliphatic rings. The fraction of sp³-hybridized carbons (Fsp3) is 0.957. The number of carbonyl (C=O) groups excluding carboxylic acids is 1. The predicted octanol–water partition coefficient (Wildman–Crippen LogP) is 7.98. The van der Waals surface area contributed by atoms with Gasteiger partial charge in [-0.05, 0) is 26.2 Å². The molecule has 0 radical (unpaired) electrons. The van der Waals surface area contributed by atoms with Gasteiger partial charge in [-0.15, -0.1) is 0 Å². The van der Waals surface area contributed by atoms with Crippen molar-refractivity contribution in [1.29, 1.82) is 0 Å². The van der Waals surface area contributed by atoms with Gasteiger partial charge in [0, 0.05) is 6.42 Å². The first kappa shape index (κ1) is 24.5. The minimum Gasteiger partial charge on any atom is -0.463 e. The van der Waals surface area contributed by atoms with Crippen LogP contribution in [-0.2, 0) is 9.53 Å². The minimum atomic E-state index is 0.00655. The molecule has 0 aliphatic heterocycles. The highest BCUT2D eigenvalue weighted by molar-refractivity contribution is 5.69. The average Bonchev–Trinajstić information content (AvgIpc) is 2.59. The third-order valence-electron chi connectivity index (χ3n) is 5.03. The fourth-order valence-electron chi connectivity index (χ4n) is 3.31. The lowest BCUT2D eigenvalue weighted by atomic mass is 10.0. The Balaban J connectivity index is 3.23. The first-order valence-corrected chi connectivity index (χ1v) is 11.4. The normalized spacial score (nSPS) is 12.3. The van der Waals surface area contributed by atoms with E-state index in [0.717, 1.165) is 12.8 Å². The molecule has 0 aliphatic carbocycles. The van der Waals surface area contributed by atoms with Crippen LogP contribution in [0.3, 0.4) is 0 Å². The Kier molecular flexibility index (Phi) is 19.4. The number of hydrogen-bond donors (Lipinski definition) is 0. The van der Waals surface area contributed by atoms with Gasteiger partial charge in [0.25, 0.3) is 0 Å². The Labute approximate surface area is 158 Å². The molecule has 0 bridgehead atoms. The smallest absolute Gasteiger partial charge is 0.306 e. The molecule has 0 heterocycles. The largest absolute Gasteiger partial charge is 0.463 e. The Bertz CT molecular complexity index is 275. The molecule has 2 heteroatoms. The van der Waals surface area contributed by atoms with E-state index in [1.165, 1.54) is 96.3 Å². The van der Waals surface area contributed by atoms with Crippen molar-refractivity contribution in [2.24, 2.45) is 0 Å². The second kappa shape index (κ2) is 19.8. The van der Waals surface area contributed by atoms with Gasteiger partial charge in [-0.2, -0.15) is 0 Å². The van der Waals surface area contributed by atoms with Crippen LogP contribution in [0, 0.1) is 0 Å². The zero-order valence-corrected chi connectivity index (χ0v) is 17.6. The standard InChI is InChI=1S/C23H46O2/c1-4-6-8-9-10-11-12-13-14-15-16-17-19-21-23(24)25-22(3)20-18-7-5-2/h22H,4-21H2,1-3H3/t22-/m1/s1. The van der Waals surface area contributed by atoms with Gasteiger partial charge in [0.05, 0.1) is 6.10 Å². The van der Waals surface area contributed by atoms with Crippen LogP contribution < -0.4 is 0 Å². The maximum Gasteiger partial charge on any atom is 0.306 e. The molecule has 0 aromatic heterocycles. The summed E-state index contributed by atoms with van der Waals surface area (Å²) < 4.78 is 5.47. The van der Waals surface area contributed by atoms with Crippen LogP contribution in [0.1, 0.15) is 136 Å². The molecule has 25 heavy (non-hydrogen) atoms. The maximum absolute atomic E-state index is 11.8. The SMILES string of the molecule is CCCCCCCCCCCCCCCC(=O)O[C@H](C)CCCCC. The van der Waals surface area contributed by atoms with Crippen LogP contribution in [-0.4, -0.2) is 12.1 Å².